The minimum absolute atomic E-state index is 0.0769. The van der Waals surface area contributed by atoms with Gasteiger partial charge in [0.15, 0.2) is 5.76 Å². The molecule has 1 aromatic rings. The van der Waals surface area contributed by atoms with Gasteiger partial charge in [0.05, 0.1) is 11.3 Å². The number of amides is 1. The molecule has 1 amide bonds. The number of hydrogen-bond acceptors (Lipinski definition) is 2. The van der Waals surface area contributed by atoms with Gasteiger partial charge < -0.3 is 10.4 Å². The zero-order chi connectivity index (χ0) is 11.8. The molecule has 2 aliphatic rings. The third kappa shape index (κ3) is 1.84. The van der Waals surface area contributed by atoms with E-state index in [0.717, 1.165) is 18.4 Å². The molecular weight excluding hydrogens is 214 g/mol. The first kappa shape index (κ1) is 10.1. The van der Waals surface area contributed by atoms with Crippen LogP contribution in [0.3, 0.4) is 0 Å². The number of carbonyl (C=O) groups is 1. The summed E-state index contributed by atoms with van der Waals surface area (Å²) in [4.78, 5) is 11.8. The Bertz CT molecular complexity index is 524. The topological polar surface area (TPSA) is 49.3 Å². The first-order valence-corrected chi connectivity index (χ1v) is 5.78. The summed E-state index contributed by atoms with van der Waals surface area (Å²) < 4.78 is 0. The van der Waals surface area contributed by atoms with Crippen LogP contribution in [-0.2, 0) is 4.79 Å². The van der Waals surface area contributed by atoms with E-state index < -0.39 is 0 Å². The molecule has 3 rings (SSSR count). The van der Waals surface area contributed by atoms with Gasteiger partial charge in [0.1, 0.15) is 0 Å². The lowest BCUT2D eigenvalue weighted by atomic mass is 10.1. The molecule has 0 atom stereocenters. The highest BCUT2D eigenvalue weighted by Gasteiger charge is 2.30. The van der Waals surface area contributed by atoms with Gasteiger partial charge in [0, 0.05) is 0 Å². The minimum Gasteiger partial charge on any atom is -0.505 e. The first-order valence-electron chi connectivity index (χ1n) is 5.78. The number of aliphatic hydroxyl groups is 1. The summed E-state index contributed by atoms with van der Waals surface area (Å²) in [6, 6.07) is 9.24. The van der Waals surface area contributed by atoms with Crippen LogP contribution in [0.4, 0.5) is 0 Å². The third-order valence-corrected chi connectivity index (χ3v) is 3.05. The highest BCUT2D eigenvalue weighted by Crippen LogP contribution is 2.34. The molecule has 0 aromatic heterocycles. The molecular formula is C14H13NO2. The van der Waals surface area contributed by atoms with Gasteiger partial charge >= 0.3 is 0 Å². The average molecular weight is 227 g/mol. The fraction of sp³-hybridized carbons (Fsp3) is 0.214. The molecule has 3 nitrogen and oxygen atoms in total. The van der Waals surface area contributed by atoms with Gasteiger partial charge in [-0.2, -0.15) is 0 Å². The van der Waals surface area contributed by atoms with Crippen molar-refractivity contribution in [2.24, 2.45) is 5.92 Å². The van der Waals surface area contributed by atoms with E-state index in [1.165, 1.54) is 0 Å². The number of allylic oxidation sites excluding steroid dienone is 1. The molecule has 0 saturated heterocycles. The Balaban J connectivity index is 2.02. The van der Waals surface area contributed by atoms with Crippen molar-refractivity contribution in [3.8, 4) is 0 Å². The number of carbonyl (C=O) groups excluding carboxylic acids is 1. The van der Waals surface area contributed by atoms with Crippen molar-refractivity contribution in [3.63, 3.8) is 0 Å². The second-order valence-corrected chi connectivity index (χ2v) is 4.46. The van der Waals surface area contributed by atoms with Crippen molar-refractivity contribution in [2.75, 3.05) is 0 Å². The van der Waals surface area contributed by atoms with Crippen molar-refractivity contribution >= 4 is 11.5 Å². The van der Waals surface area contributed by atoms with Crippen LogP contribution in [0.25, 0.3) is 5.57 Å². The molecule has 1 fully saturated rings. The molecule has 0 unspecified atom stereocenters. The predicted octanol–water partition coefficient (Wildman–Crippen LogP) is 2.38. The average Bonchev–Trinajstić information content (AvgIpc) is 3.09. The van der Waals surface area contributed by atoms with E-state index in [9.17, 15) is 9.90 Å². The van der Waals surface area contributed by atoms with E-state index >= 15 is 0 Å². The van der Waals surface area contributed by atoms with Crippen LogP contribution in [0.2, 0.25) is 0 Å². The summed E-state index contributed by atoms with van der Waals surface area (Å²) in [7, 11) is 0. The van der Waals surface area contributed by atoms with Crippen LogP contribution in [-0.4, -0.2) is 11.0 Å². The monoisotopic (exact) mass is 227 g/mol. The van der Waals surface area contributed by atoms with Gasteiger partial charge in [-0.3, -0.25) is 4.79 Å². The van der Waals surface area contributed by atoms with Crippen LogP contribution < -0.4 is 5.32 Å². The van der Waals surface area contributed by atoms with Crippen molar-refractivity contribution in [2.45, 2.75) is 12.8 Å². The summed E-state index contributed by atoms with van der Waals surface area (Å²) in [6.45, 7) is 0. The summed E-state index contributed by atoms with van der Waals surface area (Å²) >= 11 is 0. The quantitative estimate of drug-likeness (QED) is 0.815. The summed E-state index contributed by atoms with van der Waals surface area (Å²) in [5.74, 6) is 0.372. The predicted molar refractivity (Wildman–Crippen MR) is 64.9 cm³/mol. The second-order valence-electron chi connectivity index (χ2n) is 4.46. The van der Waals surface area contributed by atoms with E-state index in [1.54, 1.807) is 0 Å². The molecule has 1 aromatic carbocycles. The zero-order valence-corrected chi connectivity index (χ0v) is 9.31. The molecule has 2 N–H and O–H groups in total. The Labute approximate surface area is 99.5 Å². The van der Waals surface area contributed by atoms with E-state index in [4.69, 9.17) is 0 Å². The summed E-state index contributed by atoms with van der Waals surface area (Å²) in [6.07, 6.45) is 4.24. The van der Waals surface area contributed by atoms with E-state index in [-0.39, 0.29) is 11.7 Å². The van der Waals surface area contributed by atoms with Crippen molar-refractivity contribution in [3.05, 3.63) is 53.4 Å². The molecule has 1 saturated carbocycles. The normalized spacial score (nSPS) is 22.1. The maximum Gasteiger partial charge on any atom is 0.260 e. The van der Waals surface area contributed by atoms with Gasteiger partial charge in [-0.15, -0.1) is 0 Å². The fourth-order valence-corrected chi connectivity index (χ4v) is 1.98. The molecule has 17 heavy (non-hydrogen) atoms. The van der Waals surface area contributed by atoms with Gasteiger partial charge in [-0.25, -0.2) is 0 Å². The molecule has 0 spiro atoms. The second kappa shape index (κ2) is 3.77. The van der Waals surface area contributed by atoms with Crippen LogP contribution in [0.15, 0.2) is 47.9 Å². The van der Waals surface area contributed by atoms with Crippen molar-refractivity contribution in [1.82, 2.24) is 5.32 Å². The zero-order valence-electron chi connectivity index (χ0n) is 9.31. The van der Waals surface area contributed by atoms with E-state index in [1.807, 2.05) is 36.4 Å². The maximum atomic E-state index is 11.8. The van der Waals surface area contributed by atoms with Crippen LogP contribution in [0, 0.1) is 5.92 Å². The van der Waals surface area contributed by atoms with Gasteiger partial charge in [0.2, 0.25) is 0 Å². The van der Waals surface area contributed by atoms with E-state index in [0.29, 0.717) is 17.2 Å². The molecule has 1 aliphatic heterocycles. The first-order chi connectivity index (χ1) is 8.25. The SMILES string of the molecule is O=C1N/C(=C\C2CC2)C(O)=C1c1ccccc1. The van der Waals surface area contributed by atoms with Crippen LogP contribution >= 0.6 is 0 Å². The lowest BCUT2D eigenvalue weighted by Gasteiger charge is -1.99. The van der Waals surface area contributed by atoms with Gasteiger partial charge in [-0.1, -0.05) is 36.4 Å². The van der Waals surface area contributed by atoms with Crippen molar-refractivity contribution in [1.29, 1.82) is 0 Å². The molecule has 1 heterocycles. The van der Waals surface area contributed by atoms with Gasteiger partial charge in [-0.05, 0) is 24.3 Å². The Morgan fingerprint density at radius 3 is 2.59 bits per heavy atom. The Morgan fingerprint density at radius 1 is 1.24 bits per heavy atom. The molecule has 86 valence electrons. The number of nitrogens with one attached hydrogen (secondary N) is 1. The molecule has 1 aliphatic carbocycles. The lowest BCUT2D eigenvalue weighted by molar-refractivity contribution is -0.114. The smallest absolute Gasteiger partial charge is 0.260 e. The number of hydrogen-bond donors (Lipinski definition) is 2. The highest BCUT2D eigenvalue weighted by molar-refractivity contribution is 6.24. The summed E-state index contributed by atoms with van der Waals surface area (Å²) in [5, 5.41) is 12.8. The lowest BCUT2D eigenvalue weighted by Crippen LogP contribution is -2.16. The maximum absolute atomic E-state index is 11.8. The molecule has 3 heteroatoms. The highest BCUT2D eigenvalue weighted by atomic mass is 16.3. The Hall–Kier alpha value is -2.03. The Kier molecular flexibility index (Phi) is 2.25. The molecule has 0 bridgehead atoms. The summed E-state index contributed by atoms with van der Waals surface area (Å²) in [5.41, 5.74) is 1.69. The van der Waals surface area contributed by atoms with Crippen LogP contribution in [0.1, 0.15) is 18.4 Å². The largest absolute Gasteiger partial charge is 0.505 e. The van der Waals surface area contributed by atoms with Gasteiger partial charge in [0.25, 0.3) is 5.91 Å². The number of aliphatic hydroxyl groups excluding tert-OH is 1. The number of rotatable bonds is 2. The van der Waals surface area contributed by atoms with E-state index in [2.05, 4.69) is 5.32 Å². The third-order valence-electron chi connectivity index (χ3n) is 3.05. The van der Waals surface area contributed by atoms with Crippen LogP contribution in [0.5, 0.6) is 0 Å². The Morgan fingerprint density at radius 2 is 1.94 bits per heavy atom. The standard InChI is InChI=1S/C14H13NO2/c16-13-11(8-9-6-7-9)15-14(17)12(13)10-4-2-1-3-5-10/h1-5,8-9,16H,6-7H2,(H,15,17)/b11-8-. The number of benzene rings is 1. The van der Waals surface area contributed by atoms with Crippen molar-refractivity contribution < 1.29 is 9.90 Å². The minimum atomic E-state index is -0.222. The molecule has 0 radical (unpaired) electrons. The fourth-order valence-electron chi connectivity index (χ4n) is 1.98.